The van der Waals surface area contributed by atoms with E-state index in [0.29, 0.717) is 5.57 Å². The molecule has 3 aromatic carbocycles. The molecule has 0 atom stereocenters. The van der Waals surface area contributed by atoms with Gasteiger partial charge in [-0.15, -0.1) is 0 Å². The van der Waals surface area contributed by atoms with Crippen LogP contribution in [-0.4, -0.2) is 11.7 Å². The lowest BCUT2D eigenvalue weighted by atomic mass is 9.90. The van der Waals surface area contributed by atoms with Crippen molar-refractivity contribution in [3.63, 3.8) is 0 Å². The van der Waals surface area contributed by atoms with E-state index in [1.807, 2.05) is 5.32 Å². The zero-order valence-corrected chi connectivity index (χ0v) is 22.9. The molecular formula is C32H26F7NO2. The first-order chi connectivity index (χ1) is 19.8. The van der Waals surface area contributed by atoms with Gasteiger partial charge in [-0.1, -0.05) is 43.0 Å². The predicted molar refractivity (Wildman–Crippen MR) is 148 cm³/mol. The molecule has 0 heterocycles. The summed E-state index contributed by atoms with van der Waals surface area (Å²) in [5.41, 5.74) is -1.33. The summed E-state index contributed by atoms with van der Waals surface area (Å²) in [5, 5.41) is 2.03. The van der Waals surface area contributed by atoms with Crippen LogP contribution in [0.15, 0.2) is 43.0 Å². The van der Waals surface area contributed by atoms with Crippen LogP contribution in [0.3, 0.4) is 0 Å². The number of ketones is 1. The predicted octanol–water partition coefficient (Wildman–Crippen LogP) is 9.22. The molecular weight excluding hydrogens is 563 g/mol. The number of allylic oxidation sites excluding steroid dienone is 3. The number of hydrogen-bond donors (Lipinski definition) is 1. The normalized spacial score (nSPS) is 11.5. The van der Waals surface area contributed by atoms with Gasteiger partial charge >= 0.3 is 0 Å². The Morgan fingerprint density at radius 3 is 1.81 bits per heavy atom. The van der Waals surface area contributed by atoms with E-state index in [2.05, 4.69) is 6.58 Å². The summed E-state index contributed by atoms with van der Waals surface area (Å²) in [7, 11) is 0. The summed E-state index contributed by atoms with van der Waals surface area (Å²) < 4.78 is 99.3. The minimum absolute atomic E-state index is 0.0767. The van der Waals surface area contributed by atoms with Crippen molar-refractivity contribution in [2.75, 3.05) is 5.32 Å². The molecule has 0 saturated carbocycles. The van der Waals surface area contributed by atoms with Crippen LogP contribution in [0, 0.1) is 40.7 Å². The third-order valence-electron chi connectivity index (χ3n) is 6.39. The lowest BCUT2D eigenvalue weighted by molar-refractivity contribution is 0.0977. The Morgan fingerprint density at radius 2 is 1.24 bits per heavy atom. The van der Waals surface area contributed by atoms with Gasteiger partial charge in [0, 0.05) is 28.7 Å². The second-order valence-electron chi connectivity index (χ2n) is 9.34. The number of amides is 1. The van der Waals surface area contributed by atoms with Crippen molar-refractivity contribution >= 4 is 35.1 Å². The van der Waals surface area contributed by atoms with Gasteiger partial charge in [-0.3, -0.25) is 9.59 Å². The quantitative estimate of drug-likeness (QED) is 0.111. The highest BCUT2D eigenvalue weighted by Crippen LogP contribution is 2.33. The number of anilines is 1. The topological polar surface area (TPSA) is 46.2 Å². The Balaban J connectivity index is 1.77. The first kappa shape index (κ1) is 32.0. The third-order valence-corrected chi connectivity index (χ3v) is 6.39. The summed E-state index contributed by atoms with van der Waals surface area (Å²) in [6.07, 6.45) is 4.88. The van der Waals surface area contributed by atoms with Gasteiger partial charge in [-0.05, 0) is 62.4 Å². The molecule has 0 fully saturated rings. The molecule has 0 saturated heterocycles. The molecule has 3 nitrogen and oxygen atoms in total. The molecule has 1 amide bonds. The van der Waals surface area contributed by atoms with E-state index in [1.54, 1.807) is 6.92 Å². The van der Waals surface area contributed by atoms with E-state index >= 15 is 0 Å². The minimum atomic E-state index is -2.09. The zero-order valence-electron chi connectivity index (χ0n) is 22.9. The lowest BCUT2D eigenvalue weighted by Gasteiger charge is -2.16. The SMILES string of the molecule is C=C(C)c1c(C=CC)c(F)c(F)c(F)c1CCCC(=O)c1ccc(C(=O)Nc2c(F)c(F)c(F)c(F)c2C=CC)cc1. The summed E-state index contributed by atoms with van der Waals surface area (Å²) in [6, 6.07) is 5.00. The Bertz CT molecular complexity index is 1620. The summed E-state index contributed by atoms with van der Waals surface area (Å²) in [6.45, 7) is 8.30. The van der Waals surface area contributed by atoms with Gasteiger partial charge in [0.2, 0.25) is 0 Å². The van der Waals surface area contributed by atoms with E-state index in [9.17, 15) is 40.3 Å². The van der Waals surface area contributed by atoms with E-state index in [-0.39, 0.29) is 47.1 Å². The number of carbonyl (C=O) groups is 2. The molecule has 0 aliphatic carbocycles. The van der Waals surface area contributed by atoms with Crippen LogP contribution in [0.4, 0.5) is 36.4 Å². The highest BCUT2D eigenvalue weighted by atomic mass is 19.2. The van der Waals surface area contributed by atoms with Gasteiger partial charge in [0.25, 0.3) is 5.91 Å². The van der Waals surface area contributed by atoms with Crippen molar-refractivity contribution in [3.05, 3.63) is 117 Å². The Hall–Kier alpha value is -4.47. The van der Waals surface area contributed by atoms with Crippen LogP contribution in [-0.2, 0) is 6.42 Å². The Kier molecular flexibility index (Phi) is 10.3. The maximum Gasteiger partial charge on any atom is 0.255 e. The fourth-order valence-corrected chi connectivity index (χ4v) is 4.43. The molecule has 1 N–H and O–H groups in total. The second kappa shape index (κ2) is 13.5. The maximum atomic E-state index is 14.7. The van der Waals surface area contributed by atoms with Crippen LogP contribution in [0.2, 0.25) is 0 Å². The zero-order chi connectivity index (χ0) is 31.3. The van der Waals surface area contributed by atoms with Crippen LogP contribution >= 0.6 is 0 Å². The van der Waals surface area contributed by atoms with Crippen LogP contribution in [0.1, 0.15) is 76.6 Å². The maximum absolute atomic E-state index is 14.7. The van der Waals surface area contributed by atoms with Crippen LogP contribution < -0.4 is 5.32 Å². The van der Waals surface area contributed by atoms with Crippen molar-refractivity contribution in [2.24, 2.45) is 0 Å². The highest BCUT2D eigenvalue weighted by Gasteiger charge is 2.26. The van der Waals surface area contributed by atoms with Gasteiger partial charge in [0.15, 0.2) is 46.5 Å². The summed E-state index contributed by atoms with van der Waals surface area (Å²) in [4.78, 5) is 25.4. The molecule has 42 heavy (non-hydrogen) atoms. The van der Waals surface area contributed by atoms with Gasteiger partial charge in [-0.25, -0.2) is 30.7 Å². The van der Waals surface area contributed by atoms with Crippen LogP contribution in [0.25, 0.3) is 17.7 Å². The number of carbonyl (C=O) groups excluding carboxylic acids is 2. The third kappa shape index (κ3) is 6.37. The molecule has 0 spiro atoms. The van der Waals surface area contributed by atoms with Crippen molar-refractivity contribution in [1.82, 2.24) is 0 Å². The fourth-order valence-electron chi connectivity index (χ4n) is 4.43. The molecule has 3 aromatic rings. The largest absolute Gasteiger partial charge is 0.319 e. The number of nitrogens with one attached hydrogen (secondary N) is 1. The molecule has 220 valence electrons. The molecule has 0 aromatic heterocycles. The molecule has 0 bridgehead atoms. The van der Waals surface area contributed by atoms with E-state index in [0.717, 1.165) is 6.08 Å². The van der Waals surface area contributed by atoms with Crippen molar-refractivity contribution in [3.8, 4) is 0 Å². The summed E-state index contributed by atoms with van der Waals surface area (Å²) in [5.74, 6) is -13.3. The van der Waals surface area contributed by atoms with Crippen LogP contribution in [0.5, 0.6) is 0 Å². The van der Waals surface area contributed by atoms with Crippen molar-refractivity contribution in [1.29, 1.82) is 0 Å². The number of halogens is 7. The van der Waals surface area contributed by atoms with E-state index in [1.165, 1.54) is 56.3 Å². The van der Waals surface area contributed by atoms with Gasteiger partial charge in [0.05, 0.1) is 5.69 Å². The molecule has 3 rings (SSSR count). The number of benzene rings is 3. The summed E-state index contributed by atoms with van der Waals surface area (Å²) >= 11 is 0. The first-order valence-electron chi connectivity index (χ1n) is 12.8. The molecule has 0 aliphatic heterocycles. The minimum Gasteiger partial charge on any atom is -0.319 e. The van der Waals surface area contributed by atoms with Crippen molar-refractivity contribution in [2.45, 2.75) is 40.0 Å². The molecule has 10 heteroatoms. The first-order valence-corrected chi connectivity index (χ1v) is 12.8. The van der Waals surface area contributed by atoms with E-state index in [4.69, 9.17) is 0 Å². The van der Waals surface area contributed by atoms with E-state index < -0.39 is 63.7 Å². The molecule has 0 unspecified atom stereocenters. The highest BCUT2D eigenvalue weighted by molar-refractivity contribution is 6.06. The fraction of sp³-hybridized carbons (Fsp3) is 0.188. The monoisotopic (exact) mass is 589 g/mol. The average Bonchev–Trinajstić information content (AvgIpc) is 2.97. The number of rotatable bonds is 10. The number of hydrogen-bond acceptors (Lipinski definition) is 2. The lowest BCUT2D eigenvalue weighted by Crippen LogP contribution is -2.16. The van der Waals surface area contributed by atoms with Crippen molar-refractivity contribution < 1.29 is 40.3 Å². The molecule has 0 aliphatic rings. The molecule has 0 radical (unpaired) electrons. The average molecular weight is 590 g/mol. The Morgan fingerprint density at radius 1 is 0.738 bits per heavy atom. The smallest absolute Gasteiger partial charge is 0.255 e. The van der Waals surface area contributed by atoms with Gasteiger partial charge in [0.1, 0.15) is 0 Å². The van der Waals surface area contributed by atoms with Gasteiger partial charge < -0.3 is 5.32 Å². The Labute approximate surface area is 238 Å². The van der Waals surface area contributed by atoms with Gasteiger partial charge in [-0.2, -0.15) is 0 Å². The standard InChI is InChI=1S/C32H26F7NO2/c1-5-8-19-23(16(3)4)20(25(34)27(36)24(19)33)10-7-11-22(41)17-12-14-18(15-13-17)32(42)40-31-21(9-6-2)26(35)28(37)29(38)30(31)39/h5-6,8-9,12-15H,3,7,10-11H2,1-2,4H3,(H,40,42). The number of Topliss-reactive ketones (excluding diaryl/α,β-unsaturated/α-hetero) is 1. The second-order valence-corrected chi connectivity index (χ2v) is 9.34.